The van der Waals surface area contributed by atoms with Gasteiger partial charge < -0.3 is 14.8 Å². The number of hydrogen-bond acceptors (Lipinski definition) is 6. The molecule has 1 aromatic heterocycles. The van der Waals surface area contributed by atoms with E-state index < -0.39 is 24.4 Å². The van der Waals surface area contributed by atoms with Gasteiger partial charge in [0.1, 0.15) is 11.9 Å². The number of aromatic nitrogens is 1. The minimum Gasteiger partial charge on any atom is -0.449 e. The van der Waals surface area contributed by atoms with Crippen LogP contribution in [0.25, 0.3) is 0 Å². The third-order valence-corrected chi connectivity index (χ3v) is 2.79. The smallest absolute Gasteiger partial charge is 0.332 e. The summed E-state index contributed by atoms with van der Waals surface area (Å²) in [6.45, 7) is 2.91. The number of halogens is 1. The number of pyridine rings is 1. The Bertz CT molecular complexity index is 616. The van der Waals surface area contributed by atoms with Crippen molar-refractivity contribution in [2.75, 3.05) is 13.2 Å². The molecule has 8 heteroatoms. The average Bonchev–Trinajstić information content (AvgIpc) is 2.57. The van der Waals surface area contributed by atoms with Crippen LogP contribution >= 0.6 is 0 Å². The largest absolute Gasteiger partial charge is 0.449 e. The molecule has 0 aliphatic carbocycles. The van der Waals surface area contributed by atoms with E-state index in [0.29, 0.717) is 12.0 Å². The normalized spacial score (nSPS) is 11.2. The molecule has 0 saturated carbocycles. The fourth-order valence-corrected chi connectivity index (χ4v) is 1.70. The molecular formula is C16H18FN3O4. The Balaban J connectivity index is 2.56. The van der Waals surface area contributed by atoms with Crippen molar-refractivity contribution in [3.8, 4) is 6.07 Å². The zero-order valence-electron chi connectivity index (χ0n) is 13.0. The molecule has 128 valence electrons. The second-order valence-electron chi connectivity index (χ2n) is 4.74. The Kier molecular flexibility index (Phi) is 8.71. The van der Waals surface area contributed by atoms with Gasteiger partial charge in [-0.2, -0.15) is 5.26 Å². The highest BCUT2D eigenvalue weighted by Crippen LogP contribution is 2.04. The molecule has 0 aliphatic rings. The van der Waals surface area contributed by atoms with Crippen molar-refractivity contribution >= 4 is 11.9 Å². The molecule has 0 radical (unpaired) electrons. The van der Waals surface area contributed by atoms with Crippen LogP contribution in [0.1, 0.15) is 18.4 Å². The monoisotopic (exact) mass is 335 g/mol. The van der Waals surface area contributed by atoms with Gasteiger partial charge in [-0.15, -0.1) is 6.58 Å². The minimum atomic E-state index is -1.06. The van der Waals surface area contributed by atoms with E-state index in [1.54, 1.807) is 12.1 Å². The molecule has 0 saturated heterocycles. The molecule has 7 nitrogen and oxygen atoms in total. The van der Waals surface area contributed by atoms with E-state index in [0.717, 1.165) is 6.20 Å². The summed E-state index contributed by atoms with van der Waals surface area (Å²) in [7, 11) is 0. The summed E-state index contributed by atoms with van der Waals surface area (Å²) >= 11 is 0. The van der Waals surface area contributed by atoms with Crippen molar-refractivity contribution in [1.29, 1.82) is 5.26 Å². The first-order valence-electron chi connectivity index (χ1n) is 7.17. The lowest BCUT2D eigenvalue weighted by atomic mass is 10.2. The summed E-state index contributed by atoms with van der Waals surface area (Å²) in [6, 6.07) is 1.86. The molecular weight excluding hydrogens is 317 g/mol. The third kappa shape index (κ3) is 7.47. The first kappa shape index (κ1) is 19.3. The van der Waals surface area contributed by atoms with Gasteiger partial charge in [-0.1, -0.05) is 6.08 Å². The molecule has 1 N–H and O–H groups in total. The van der Waals surface area contributed by atoms with Crippen LogP contribution in [0.15, 0.2) is 31.1 Å². The lowest BCUT2D eigenvalue weighted by molar-refractivity contribution is -0.148. The van der Waals surface area contributed by atoms with E-state index in [1.807, 2.05) is 0 Å². The van der Waals surface area contributed by atoms with E-state index in [9.17, 15) is 14.0 Å². The Hall–Kier alpha value is -2.79. The van der Waals surface area contributed by atoms with Gasteiger partial charge in [-0.3, -0.25) is 9.78 Å². The van der Waals surface area contributed by atoms with Gasteiger partial charge in [-0.05, 0) is 18.1 Å². The predicted octanol–water partition coefficient (Wildman–Crippen LogP) is 1.26. The number of nitrogens with one attached hydrogen (secondary N) is 1. The summed E-state index contributed by atoms with van der Waals surface area (Å²) < 4.78 is 23.0. The van der Waals surface area contributed by atoms with E-state index in [4.69, 9.17) is 14.7 Å². The first-order chi connectivity index (χ1) is 11.6. The van der Waals surface area contributed by atoms with Crippen molar-refractivity contribution in [3.05, 3.63) is 42.5 Å². The predicted molar refractivity (Wildman–Crippen MR) is 81.8 cm³/mol. The first-order valence-corrected chi connectivity index (χ1v) is 7.17. The molecule has 0 fully saturated rings. The molecule has 0 spiro atoms. The molecule has 24 heavy (non-hydrogen) atoms. The van der Waals surface area contributed by atoms with Crippen LogP contribution < -0.4 is 5.32 Å². The maximum absolute atomic E-state index is 13.0. The van der Waals surface area contributed by atoms with Gasteiger partial charge in [0.25, 0.3) is 0 Å². The quantitative estimate of drug-likeness (QED) is 0.510. The Morgan fingerprint density at radius 2 is 2.29 bits per heavy atom. The van der Waals surface area contributed by atoms with Crippen molar-refractivity contribution in [2.45, 2.75) is 25.5 Å². The third-order valence-electron chi connectivity index (χ3n) is 2.79. The number of carbonyl (C=O) groups is 2. The molecule has 0 aliphatic heterocycles. The Morgan fingerprint density at radius 1 is 1.50 bits per heavy atom. The van der Waals surface area contributed by atoms with Crippen LogP contribution in [0.2, 0.25) is 0 Å². The second kappa shape index (κ2) is 10.9. The molecule has 1 rings (SSSR count). The van der Waals surface area contributed by atoms with E-state index in [2.05, 4.69) is 16.9 Å². The molecule has 1 amide bonds. The summed E-state index contributed by atoms with van der Waals surface area (Å²) in [4.78, 5) is 27.2. The van der Waals surface area contributed by atoms with Crippen molar-refractivity contribution in [2.24, 2.45) is 0 Å². The average molecular weight is 335 g/mol. The van der Waals surface area contributed by atoms with E-state index >= 15 is 0 Å². The maximum atomic E-state index is 13.0. The van der Waals surface area contributed by atoms with E-state index in [1.165, 1.54) is 12.3 Å². The SMILES string of the molecule is C=CCCC(=O)N[C@@H](COCc1cncc(F)c1)C(=O)OCC#N. The van der Waals surface area contributed by atoms with Crippen LogP contribution in [0.5, 0.6) is 0 Å². The fraction of sp³-hybridized carbons (Fsp3) is 0.375. The summed E-state index contributed by atoms with van der Waals surface area (Å²) in [5.41, 5.74) is 0.483. The summed E-state index contributed by atoms with van der Waals surface area (Å²) in [5, 5.41) is 10.9. The minimum absolute atomic E-state index is 0.00924. The molecule has 0 bridgehead atoms. The number of allylic oxidation sites excluding steroid dienone is 1. The van der Waals surface area contributed by atoms with Gasteiger partial charge in [0.15, 0.2) is 12.6 Å². The van der Waals surface area contributed by atoms with Gasteiger partial charge >= 0.3 is 5.97 Å². The van der Waals surface area contributed by atoms with Crippen LogP contribution in [0.3, 0.4) is 0 Å². The zero-order chi connectivity index (χ0) is 17.8. The highest BCUT2D eigenvalue weighted by Gasteiger charge is 2.22. The summed E-state index contributed by atoms with van der Waals surface area (Å²) in [6.07, 6.45) is 4.69. The fourth-order valence-electron chi connectivity index (χ4n) is 1.70. The number of rotatable bonds is 10. The number of nitrogens with zero attached hydrogens (tertiary/aromatic N) is 2. The Morgan fingerprint density at radius 3 is 2.96 bits per heavy atom. The summed E-state index contributed by atoms with van der Waals surface area (Å²) in [5.74, 6) is -1.65. The van der Waals surface area contributed by atoms with Crippen LogP contribution in [0, 0.1) is 17.1 Å². The van der Waals surface area contributed by atoms with Gasteiger partial charge in [0.05, 0.1) is 19.4 Å². The highest BCUT2D eigenvalue weighted by atomic mass is 19.1. The lowest BCUT2D eigenvalue weighted by Gasteiger charge is -2.17. The number of nitriles is 1. The number of ether oxygens (including phenoxy) is 2. The van der Waals surface area contributed by atoms with E-state index in [-0.39, 0.29) is 25.5 Å². The number of esters is 1. The lowest BCUT2D eigenvalue weighted by Crippen LogP contribution is -2.45. The van der Waals surface area contributed by atoms with Crippen molar-refractivity contribution in [1.82, 2.24) is 10.3 Å². The van der Waals surface area contributed by atoms with Crippen molar-refractivity contribution in [3.63, 3.8) is 0 Å². The van der Waals surface area contributed by atoms with Crippen LogP contribution in [0.4, 0.5) is 4.39 Å². The van der Waals surface area contributed by atoms with Crippen molar-refractivity contribution < 1.29 is 23.5 Å². The standard InChI is InChI=1S/C16H18FN3O4/c1-2-3-4-15(21)20-14(16(22)24-6-5-18)11-23-10-12-7-13(17)9-19-8-12/h2,7-9,14H,1,3-4,6,10-11H2,(H,20,21)/t14-/m0/s1. The highest BCUT2D eigenvalue weighted by molar-refractivity contribution is 5.84. The maximum Gasteiger partial charge on any atom is 0.332 e. The molecule has 1 aromatic rings. The molecule has 1 heterocycles. The second-order valence-corrected chi connectivity index (χ2v) is 4.74. The van der Waals surface area contributed by atoms with Gasteiger partial charge in [-0.25, -0.2) is 9.18 Å². The Labute approximate surface area is 139 Å². The van der Waals surface area contributed by atoms with Crippen LogP contribution in [-0.2, 0) is 25.7 Å². The zero-order valence-corrected chi connectivity index (χ0v) is 13.0. The number of carbonyl (C=O) groups excluding carboxylic acids is 2. The number of amides is 1. The topological polar surface area (TPSA) is 101 Å². The molecule has 0 aromatic carbocycles. The molecule has 0 unspecified atom stereocenters. The number of hydrogen-bond donors (Lipinski definition) is 1. The van der Waals surface area contributed by atoms with Gasteiger partial charge in [0.2, 0.25) is 5.91 Å². The van der Waals surface area contributed by atoms with Gasteiger partial charge in [0, 0.05) is 12.6 Å². The molecule has 1 atom stereocenters. The van der Waals surface area contributed by atoms with Crippen LogP contribution in [-0.4, -0.2) is 36.1 Å².